The number of Topliss-reactive ketones (excluding diaryl/α,β-unsaturated/α-hetero) is 1. The van der Waals surface area contributed by atoms with Crippen molar-refractivity contribution in [1.82, 2.24) is 15.1 Å². The fourth-order valence-electron chi connectivity index (χ4n) is 5.91. The second-order valence-electron chi connectivity index (χ2n) is 14.0. The van der Waals surface area contributed by atoms with E-state index in [9.17, 15) is 28.8 Å². The molecule has 1 N–H and O–H groups in total. The van der Waals surface area contributed by atoms with E-state index in [1.54, 1.807) is 14.0 Å². The van der Waals surface area contributed by atoms with Crippen LogP contribution in [-0.2, 0) is 31.8 Å². The molecule has 12 heteroatoms. The van der Waals surface area contributed by atoms with Gasteiger partial charge in [0.05, 0.1) is 5.25 Å². The number of rotatable bonds is 30. The first kappa shape index (κ1) is 46.1. The minimum absolute atomic E-state index is 0.0686. The average Bonchev–Trinajstić information content (AvgIpc) is 3.34. The van der Waals surface area contributed by atoms with Crippen molar-refractivity contribution < 1.29 is 31.8 Å². The van der Waals surface area contributed by atoms with Crippen molar-refractivity contribution >= 4 is 70.1 Å². The predicted octanol–water partition coefficient (Wildman–Crippen LogP) is 7.90. The molecule has 2 unspecified atom stereocenters. The molecule has 0 aromatic carbocycles. The van der Waals surface area contributed by atoms with E-state index >= 15 is 0 Å². The summed E-state index contributed by atoms with van der Waals surface area (Å²) in [5.74, 6) is 0.285. The lowest BCUT2D eigenvalue weighted by molar-refractivity contribution is -0.145. The van der Waals surface area contributed by atoms with Gasteiger partial charge in [-0.15, -0.1) is 11.8 Å². The van der Waals surface area contributed by atoms with Gasteiger partial charge in [0.25, 0.3) is 0 Å². The lowest BCUT2D eigenvalue weighted by atomic mass is 10.0. The van der Waals surface area contributed by atoms with Gasteiger partial charge in [-0.2, -0.15) is 0 Å². The summed E-state index contributed by atoms with van der Waals surface area (Å²) >= 11 is 3.04. The quantitative estimate of drug-likeness (QED) is 0.0335. The third kappa shape index (κ3) is 20.2. The molecule has 1 fully saturated rings. The Balaban J connectivity index is 2.22. The third-order valence-corrected chi connectivity index (χ3v) is 11.1. The van der Waals surface area contributed by atoms with E-state index in [-0.39, 0.29) is 53.9 Å². The number of likely N-dealkylation sites (N-methyl/N-ethyl adjacent to an activating group) is 1. The van der Waals surface area contributed by atoms with Gasteiger partial charge in [-0.1, -0.05) is 90.2 Å². The molecule has 0 aromatic rings. The highest BCUT2D eigenvalue weighted by molar-refractivity contribution is 14.1. The molecule has 1 rings (SSSR count). The highest BCUT2D eigenvalue weighted by atomic mass is 127. The summed E-state index contributed by atoms with van der Waals surface area (Å²) in [7, 11) is 1.59. The minimum Gasteiger partial charge on any atom is -0.393 e. The molecule has 10 nitrogen and oxygen atoms in total. The molecule has 2 atom stereocenters. The number of carbonyl (C=O) groups is 6. The van der Waals surface area contributed by atoms with E-state index in [4.69, 9.17) is 3.07 Å². The summed E-state index contributed by atoms with van der Waals surface area (Å²) in [5.41, 5.74) is 1.15. The average molecular weight is 834 g/mol. The number of hydrogen-bond acceptors (Lipinski definition) is 8. The maximum absolute atomic E-state index is 12.8. The lowest BCUT2D eigenvalue weighted by Crippen LogP contribution is -2.43. The first-order chi connectivity index (χ1) is 23.9. The van der Waals surface area contributed by atoms with Gasteiger partial charge >= 0.3 is 5.97 Å². The van der Waals surface area contributed by atoms with Crippen molar-refractivity contribution in [2.75, 3.05) is 25.9 Å². The van der Waals surface area contributed by atoms with Gasteiger partial charge in [0.15, 0.2) is 23.0 Å². The van der Waals surface area contributed by atoms with Crippen LogP contribution in [0.25, 0.3) is 0 Å². The van der Waals surface area contributed by atoms with Crippen molar-refractivity contribution in [3.05, 3.63) is 12.2 Å². The van der Waals surface area contributed by atoms with Gasteiger partial charge in [-0.05, 0) is 57.1 Å². The zero-order valence-corrected chi connectivity index (χ0v) is 34.2. The zero-order chi connectivity index (χ0) is 37.3. The van der Waals surface area contributed by atoms with Crippen molar-refractivity contribution in [3.8, 4) is 0 Å². The molecular formula is C38H64IN3O7S. The molecule has 0 saturated carbocycles. The Morgan fingerprint density at radius 3 is 1.98 bits per heavy atom. The number of nitrogens with one attached hydrogen (secondary N) is 1. The van der Waals surface area contributed by atoms with Crippen LogP contribution in [0.4, 0.5) is 0 Å². The van der Waals surface area contributed by atoms with Crippen molar-refractivity contribution in [2.45, 2.75) is 160 Å². The lowest BCUT2D eigenvalue weighted by Gasteiger charge is -2.25. The summed E-state index contributed by atoms with van der Waals surface area (Å²) in [6, 6.07) is -0.833. The van der Waals surface area contributed by atoms with Crippen LogP contribution in [0.5, 0.6) is 0 Å². The maximum Gasteiger partial charge on any atom is 0.338 e. The van der Waals surface area contributed by atoms with Gasteiger partial charge in [-0.25, -0.2) is 4.79 Å². The molecule has 1 saturated heterocycles. The van der Waals surface area contributed by atoms with E-state index in [1.807, 2.05) is 0 Å². The van der Waals surface area contributed by atoms with Crippen LogP contribution in [-0.4, -0.2) is 82.4 Å². The molecule has 0 aromatic heterocycles. The number of unbranched alkanes of at least 4 members (excludes halogenated alkanes) is 12. The molecular weight excluding hydrogens is 769 g/mol. The fraction of sp³-hybridized carbons (Fsp3) is 0.789. The van der Waals surface area contributed by atoms with E-state index < -0.39 is 12.0 Å². The first-order valence-electron chi connectivity index (χ1n) is 18.9. The highest BCUT2D eigenvalue weighted by Gasteiger charge is 2.38. The monoisotopic (exact) mass is 833 g/mol. The molecule has 1 heterocycles. The third-order valence-electron chi connectivity index (χ3n) is 9.42. The summed E-state index contributed by atoms with van der Waals surface area (Å²) in [6.07, 6.45) is 17.1. The Labute approximate surface area is 320 Å². The van der Waals surface area contributed by atoms with E-state index in [0.29, 0.717) is 44.7 Å². The first-order valence-corrected chi connectivity index (χ1v) is 20.8. The summed E-state index contributed by atoms with van der Waals surface area (Å²) in [4.78, 5) is 76.7. The molecule has 0 radical (unpaired) electrons. The number of thioether (sulfide) groups is 1. The Bertz CT molecular complexity index is 1090. The molecule has 50 heavy (non-hydrogen) atoms. The van der Waals surface area contributed by atoms with Gasteiger partial charge in [0.1, 0.15) is 11.8 Å². The van der Waals surface area contributed by atoms with Gasteiger partial charge < -0.3 is 18.1 Å². The fourth-order valence-corrected chi connectivity index (χ4v) is 7.40. The van der Waals surface area contributed by atoms with Crippen LogP contribution in [0.1, 0.15) is 149 Å². The second kappa shape index (κ2) is 27.7. The SMILES string of the molecule is C=C(CCSC1CC(=O)N(CCCCNC(=O)CCC(C(=O)OI)N(C)C(=O)CCCCCCCCCCCCCCC(C)=O)C1=O)C(C)C. The molecule has 1 aliphatic heterocycles. The van der Waals surface area contributed by atoms with Crippen LogP contribution in [0.15, 0.2) is 12.2 Å². The van der Waals surface area contributed by atoms with Gasteiger partial charge in [0.2, 0.25) is 23.6 Å². The normalized spacial score (nSPS) is 15.0. The highest BCUT2D eigenvalue weighted by Crippen LogP contribution is 2.27. The maximum atomic E-state index is 12.8. The second-order valence-corrected chi connectivity index (χ2v) is 15.7. The van der Waals surface area contributed by atoms with Crippen molar-refractivity contribution in [1.29, 1.82) is 0 Å². The molecule has 0 aliphatic carbocycles. The van der Waals surface area contributed by atoms with E-state index in [1.165, 1.54) is 83.1 Å². The number of hydrogen-bond donors (Lipinski definition) is 1. The standard InChI is InChI=1S/C38H64IN3O7S/c1-29(2)30(3)24-27-50-33-28-36(46)42(37(33)47)26-19-18-25-40-34(44)23-22-32(38(48)49-39)41(5)35(45)21-17-15-13-11-9-7-6-8-10-12-14-16-20-31(4)43/h29,32-33H,3,6-28H2,1-2,4-5H3,(H,40,44). The summed E-state index contributed by atoms with van der Waals surface area (Å²) in [5, 5.41) is 2.52. The smallest absolute Gasteiger partial charge is 0.338 e. The van der Waals surface area contributed by atoms with E-state index in [0.717, 1.165) is 56.3 Å². The van der Waals surface area contributed by atoms with Gasteiger partial charge in [0, 0.05) is 45.8 Å². The minimum atomic E-state index is -0.833. The van der Waals surface area contributed by atoms with E-state index in [2.05, 4.69) is 25.7 Å². The number of imide groups is 1. The van der Waals surface area contributed by atoms with Crippen LogP contribution in [0, 0.1) is 5.92 Å². The summed E-state index contributed by atoms with van der Waals surface area (Å²) < 4.78 is 4.90. The number of allylic oxidation sites excluding steroid dienone is 1. The van der Waals surface area contributed by atoms with Crippen LogP contribution < -0.4 is 5.32 Å². The Kier molecular flexibility index (Phi) is 25.5. The predicted molar refractivity (Wildman–Crippen MR) is 210 cm³/mol. The van der Waals surface area contributed by atoms with Crippen LogP contribution in [0.3, 0.4) is 0 Å². The Morgan fingerprint density at radius 2 is 1.44 bits per heavy atom. The zero-order valence-electron chi connectivity index (χ0n) is 31.2. The number of amides is 4. The molecule has 0 bridgehead atoms. The Morgan fingerprint density at radius 1 is 0.880 bits per heavy atom. The topological polar surface area (TPSA) is 130 Å². The number of nitrogens with zero attached hydrogens (tertiary/aromatic N) is 2. The number of ketones is 1. The van der Waals surface area contributed by atoms with Crippen LogP contribution in [0.2, 0.25) is 0 Å². The summed E-state index contributed by atoms with van der Waals surface area (Å²) in [6.45, 7) is 10.7. The molecule has 0 spiro atoms. The largest absolute Gasteiger partial charge is 0.393 e. The van der Waals surface area contributed by atoms with Crippen molar-refractivity contribution in [3.63, 3.8) is 0 Å². The number of halogens is 1. The Hall–Kier alpha value is -1.96. The van der Waals surface area contributed by atoms with Gasteiger partial charge in [-0.3, -0.25) is 24.1 Å². The molecule has 4 amide bonds. The molecule has 286 valence electrons. The number of likely N-dealkylation sites (tertiary alicyclic amines) is 1. The van der Waals surface area contributed by atoms with Crippen molar-refractivity contribution in [2.24, 2.45) is 5.92 Å². The molecule has 1 aliphatic rings. The number of carbonyl (C=O) groups excluding carboxylic acids is 6. The van der Waals surface area contributed by atoms with Crippen LogP contribution >= 0.6 is 34.8 Å².